The monoisotopic (exact) mass is 354 g/mol. The maximum absolute atomic E-state index is 12.8. The highest BCUT2D eigenvalue weighted by Crippen LogP contribution is 2.42. The maximum atomic E-state index is 12.8. The average Bonchev–Trinajstić information content (AvgIpc) is 3.38. The molecule has 1 aromatic heterocycles. The molecule has 138 valence electrons. The van der Waals surface area contributed by atoms with Gasteiger partial charge in [-0.25, -0.2) is 4.68 Å². The van der Waals surface area contributed by atoms with Crippen LogP contribution in [0.4, 0.5) is 0 Å². The third kappa shape index (κ3) is 3.79. The highest BCUT2D eigenvalue weighted by molar-refractivity contribution is 5.98. The molecule has 1 heterocycles. The van der Waals surface area contributed by atoms with Crippen LogP contribution in [0.3, 0.4) is 0 Å². The maximum Gasteiger partial charge on any atom is 0.255 e. The molecule has 1 fully saturated rings. The van der Waals surface area contributed by atoms with Crippen molar-refractivity contribution in [2.45, 2.75) is 52.0 Å². The predicted octanol–water partition coefficient (Wildman–Crippen LogP) is 2.70. The van der Waals surface area contributed by atoms with Gasteiger partial charge < -0.3 is 10.6 Å². The average molecular weight is 354 g/mol. The first-order chi connectivity index (χ1) is 12.5. The molecule has 0 saturated heterocycles. The lowest BCUT2D eigenvalue weighted by Crippen LogP contribution is -2.45. The number of amides is 2. The standard InChI is InChI=1S/C20H26N4O2/c1-4-11-21-19(25)14(3)23-20(26)16-12-22-24(18(16)15-9-10-15)17-8-6-5-7-13(17)2/h5-8,12,14-15H,4,9-11H2,1-3H3,(H,21,25)(H,23,26). The Labute approximate surface area is 154 Å². The number of hydrogen-bond acceptors (Lipinski definition) is 3. The van der Waals surface area contributed by atoms with Crippen molar-refractivity contribution in [1.82, 2.24) is 20.4 Å². The lowest BCUT2D eigenvalue weighted by Gasteiger charge is -2.15. The van der Waals surface area contributed by atoms with Crippen LogP contribution in [0.2, 0.25) is 0 Å². The summed E-state index contributed by atoms with van der Waals surface area (Å²) in [6, 6.07) is 7.43. The highest BCUT2D eigenvalue weighted by Gasteiger charge is 2.33. The lowest BCUT2D eigenvalue weighted by atomic mass is 10.1. The summed E-state index contributed by atoms with van der Waals surface area (Å²) in [6.45, 7) is 6.34. The molecule has 1 aliphatic carbocycles. The number of carbonyl (C=O) groups is 2. The van der Waals surface area contributed by atoms with Crippen molar-refractivity contribution in [3.63, 3.8) is 0 Å². The van der Waals surface area contributed by atoms with E-state index in [0.29, 0.717) is 18.0 Å². The molecule has 1 aliphatic rings. The smallest absolute Gasteiger partial charge is 0.255 e. The Hall–Kier alpha value is -2.63. The van der Waals surface area contributed by atoms with Gasteiger partial charge in [-0.3, -0.25) is 9.59 Å². The lowest BCUT2D eigenvalue weighted by molar-refractivity contribution is -0.122. The SMILES string of the molecule is CCCNC(=O)C(C)NC(=O)c1cnn(-c2ccccc2C)c1C1CC1. The van der Waals surface area contributed by atoms with Crippen LogP contribution in [0.5, 0.6) is 0 Å². The Morgan fingerprint density at radius 2 is 2.04 bits per heavy atom. The number of benzene rings is 1. The fourth-order valence-corrected chi connectivity index (χ4v) is 3.02. The van der Waals surface area contributed by atoms with Gasteiger partial charge in [0, 0.05) is 12.5 Å². The molecular formula is C20H26N4O2. The van der Waals surface area contributed by atoms with Crippen molar-refractivity contribution in [2.24, 2.45) is 0 Å². The van der Waals surface area contributed by atoms with Crippen LogP contribution >= 0.6 is 0 Å². The van der Waals surface area contributed by atoms with Gasteiger partial charge in [-0.05, 0) is 44.7 Å². The summed E-state index contributed by atoms with van der Waals surface area (Å²) in [5.41, 5.74) is 3.60. The highest BCUT2D eigenvalue weighted by atomic mass is 16.2. The van der Waals surface area contributed by atoms with Crippen LogP contribution in [-0.2, 0) is 4.79 Å². The van der Waals surface area contributed by atoms with Crippen LogP contribution < -0.4 is 10.6 Å². The van der Waals surface area contributed by atoms with E-state index in [1.54, 1.807) is 13.1 Å². The first kappa shape index (κ1) is 18.2. The first-order valence-electron chi connectivity index (χ1n) is 9.25. The van der Waals surface area contributed by atoms with E-state index in [1.165, 1.54) is 0 Å². The van der Waals surface area contributed by atoms with E-state index in [9.17, 15) is 9.59 Å². The number of nitrogens with zero attached hydrogens (tertiary/aromatic N) is 2. The summed E-state index contributed by atoms with van der Waals surface area (Å²) < 4.78 is 1.88. The van der Waals surface area contributed by atoms with Crippen molar-refractivity contribution < 1.29 is 9.59 Å². The largest absolute Gasteiger partial charge is 0.354 e. The van der Waals surface area contributed by atoms with Crippen LogP contribution in [0.15, 0.2) is 30.5 Å². The zero-order valence-electron chi connectivity index (χ0n) is 15.6. The number of aryl methyl sites for hydroxylation is 1. The van der Waals surface area contributed by atoms with Gasteiger partial charge in [-0.1, -0.05) is 25.1 Å². The molecular weight excluding hydrogens is 328 g/mol. The molecule has 1 atom stereocenters. The quantitative estimate of drug-likeness (QED) is 0.803. The van der Waals surface area contributed by atoms with Gasteiger partial charge in [0.05, 0.1) is 23.1 Å². The molecule has 3 rings (SSSR count). The predicted molar refractivity (Wildman–Crippen MR) is 101 cm³/mol. The van der Waals surface area contributed by atoms with E-state index >= 15 is 0 Å². The summed E-state index contributed by atoms with van der Waals surface area (Å²) in [5.74, 6) is -0.0626. The second-order valence-electron chi connectivity index (χ2n) is 6.90. The number of nitrogens with one attached hydrogen (secondary N) is 2. The second kappa shape index (κ2) is 7.72. The Morgan fingerprint density at radius 1 is 1.31 bits per heavy atom. The molecule has 0 radical (unpaired) electrons. The molecule has 0 aliphatic heterocycles. The fourth-order valence-electron chi connectivity index (χ4n) is 3.02. The molecule has 1 saturated carbocycles. The van der Waals surface area contributed by atoms with E-state index < -0.39 is 6.04 Å². The summed E-state index contributed by atoms with van der Waals surface area (Å²) in [5, 5.41) is 10.1. The zero-order chi connectivity index (χ0) is 18.7. The van der Waals surface area contributed by atoms with Crippen LogP contribution in [0, 0.1) is 6.92 Å². The summed E-state index contributed by atoms with van der Waals surface area (Å²) in [4.78, 5) is 24.8. The third-order valence-corrected chi connectivity index (χ3v) is 4.65. The number of hydrogen-bond donors (Lipinski definition) is 2. The van der Waals surface area contributed by atoms with E-state index in [0.717, 1.165) is 36.2 Å². The zero-order valence-corrected chi connectivity index (χ0v) is 15.6. The molecule has 0 spiro atoms. The molecule has 26 heavy (non-hydrogen) atoms. The molecule has 0 bridgehead atoms. The summed E-state index contributed by atoms with van der Waals surface area (Å²) in [6.07, 6.45) is 4.60. The fraction of sp³-hybridized carbons (Fsp3) is 0.450. The number of para-hydroxylation sites is 1. The van der Waals surface area contributed by atoms with Gasteiger partial charge in [0.15, 0.2) is 0 Å². The Bertz CT molecular complexity index is 808. The van der Waals surface area contributed by atoms with E-state index in [2.05, 4.69) is 15.7 Å². The minimum atomic E-state index is -0.581. The molecule has 6 heteroatoms. The van der Waals surface area contributed by atoms with Crippen molar-refractivity contribution >= 4 is 11.8 Å². The third-order valence-electron chi connectivity index (χ3n) is 4.65. The molecule has 1 unspecified atom stereocenters. The second-order valence-corrected chi connectivity index (χ2v) is 6.90. The topological polar surface area (TPSA) is 76.0 Å². The van der Waals surface area contributed by atoms with Gasteiger partial charge in [-0.15, -0.1) is 0 Å². The minimum absolute atomic E-state index is 0.167. The van der Waals surface area contributed by atoms with Gasteiger partial charge in [0.1, 0.15) is 6.04 Å². The summed E-state index contributed by atoms with van der Waals surface area (Å²) in [7, 11) is 0. The number of carbonyl (C=O) groups excluding carboxylic acids is 2. The molecule has 2 amide bonds. The van der Waals surface area contributed by atoms with E-state index in [1.807, 2.05) is 42.8 Å². The first-order valence-corrected chi connectivity index (χ1v) is 9.25. The van der Waals surface area contributed by atoms with E-state index in [-0.39, 0.29) is 11.8 Å². The van der Waals surface area contributed by atoms with Crippen molar-refractivity contribution in [2.75, 3.05) is 6.54 Å². The Morgan fingerprint density at radius 3 is 2.69 bits per heavy atom. The van der Waals surface area contributed by atoms with Crippen molar-refractivity contribution in [3.05, 3.63) is 47.3 Å². The minimum Gasteiger partial charge on any atom is -0.354 e. The van der Waals surface area contributed by atoms with Gasteiger partial charge in [0.25, 0.3) is 5.91 Å². The summed E-state index contributed by atoms with van der Waals surface area (Å²) >= 11 is 0. The Balaban J connectivity index is 1.83. The van der Waals surface area contributed by atoms with E-state index in [4.69, 9.17) is 0 Å². The van der Waals surface area contributed by atoms with Crippen LogP contribution in [-0.4, -0.2) is 34.2 Å². The molecule has 2 aromatic rings. The normalized spacial score (nSPS) is 14.7. The van der Waals surface area contributed by atoms with Crippen LogP contribution in [0.25, 0.3) is 5.69 Å². The van der Waals surface area contributed by atoms with Gasteiger partial charge in [0.2, 0.25) is 5.91 Å². The molecule has 6 nitrogen and oxygen atoms in total. The number of aromatic nitrogens is 2. The van der Waals surface area contributed by atoms with Gasteiger partial charge in [-0.2, -0.15) is 5.10 Å². The molecule has 2 N–H and O–H groups in total. The van der Waals surface area contributed by atoms with Crippen LogP contribution in [0.1, 0.15) is 60.6 Å². The molecule has 1 aromatic carbocycles. The van der Waals surface area contributed by atoms with Crippen molar-refractivity contribution in [3.8, 4) is 5.69 Å². The van der Waals surface area contributed by atoms with Crippen molar-refractivity contribution in [1.29, 1.82) is 0 Å². The van der Waals surface area contributed by atoms with Gasteiger partial charge >= 0.3 is 0 Å². The number of rotatable bonds is 7. The Kier molecular flexibility index (Phi) is 5.40.